The van der Waals surface area contributed by atoms with E-state index in [4.69, 9.17) is 0 Å². The van der Waals surface area contributed by atoms with Crippen LogP contribution < -0.4 is 9.41 Å². The van der Waals surface area contributed by atoms with Gasteiger partial charge in [0.05, 0.1) is 0 Å². The molecule has 0 fully saturated rings. The number of hydrogen-bond acceptors (Lipinski definition) is 0. The molecule has 0 nitrogen and oxygen atoms in total. The zero-order valence-corrected chi connectivity index (χ0v) is 9.91. The molecular weight excluding hydrogens is 237 g/mol. The molecule has 0 aromatic carbocycles. The van der Waals surface area contributed by atoms with Crippen LogP contribution in [0.5, 0.6) is 0 Å². The van der Waals surface area contributed by atoms with Crippen molar-refractivity contribution in [3.8, 4) is 0 Å². The average molecular weight is 250 g/mol. The van der Waals surface area contributed by atoms with Gasteiger partial charge in [0, 0.05) is 0 Å². The Morgan fingerprint density at radius 3 is 2.17 bits per heavy atom. The minimum absolute atomic E-state index is 0. The maximum absolute atomic E-state index is 3.33. The number of allylic oxidation sites excluding steroid dienone is 4. The van der Waals surface area contributed by atoms with E-state index < -0.39 is 0 Å². The summed E-state index contributed by atoms with van der Waals surface area (Å²) in [4.78, 5) is 0. The summed E-state index contributed by atoms with van der Waals surface area (Å²) in [6, 6.07) is 0. The van der Waals surface area contributed by atoms with Crippen molar-refractivity contribution in [1.82, 2.24) is 0 Å². The van der Waals surface area contributed by atoms with E-state index in [0.717, 1.165) is 12.8 Å². The van der Waals surface area contributed by atoms with Gasteiger partial charge in [0.1, 0.15) is 0 Å². The molecular formula is C9H13F2Zr. The first-order valence-corrected chi connectivity index (χ1v) is 3.67. The molecule has 0 aromatic rings. The Hall–Kier alpha value is 0.223. The van der Waals surface area contributed by atoms with Gasteiger partial charge in [-0.2, -0.15) is 11.6 Å². The Bertz CT molecular complexity index is 144. The third kappa shape index (κ3) is 4.30. The first kappa shape index (κ1) is 18.1. The predicted molar refractivity (Wildman–Crippen MR) is 40.0 cm³/mol. The first-order valence-electron chi connectivity index (χ1n) is 3.67. The van der Waals surface area contributed by atoms with Crippen LogP contribution in [0.4, 0.5) is 0 Å². The van der Waals surface area contributed by atoms with Gasteiger partial charge in [-0.3, -0.25) is 6.08 Å². The van der Waals surface area contributed by atoms with Gasteiger partial charge >= 0.3 is 26.2 Å². The summed E-state index contributed by atoms with van der Waals surface area (Å²) in [6.07, 6.45) is 8.99. The van der Waals surface area contributed by atoms with E-state index in [1.54, 1.807) is 0 Å². The second kappa shape index (κ2) is 9.31. The Balaban J connectivity index is -0.000000270. The van der Waals surface area contributed by atoms with Crippen LogP contribution in [0.2, 0.25) is 0 Å². The summed E-state index contributed by atoms with van der Waals surface area (Å²) in [5.41, 5.74) is 2.95. The van der Waals surface area contributed by atoms with Gasteiger partial charge < -0.3 is 9.41 Å². The van der Waals surface area contributed by atoms with Crippen LogP contribution in [0.1, 0.15) is 33.1 Å². The Morgan fingerprint density at radius 2 is 1.83 bits per heavy atom. The summed E-state index contributed by atoms with van der Waals surface area (Å²) in [7, 11) is 0. The van der Waals surface area contributed by atoms with Gasteiger partial charge in [0.2, 0.25) is 0 Å². The second-order valence-corrected chi connectivity index (χ2v) is 2.30. The van der Waals surface area contributed by atoms with Crippen LogP contribution in [0.15, 0.2) is 17.2 Å². The van der Waals surface area contributed by atoms with Crippen molar-refractivity contribution in [3.05, 3.63) is 23.3 Å². The largest absolute Gasteiger partial charge is 3.00 e. The summed E-state index contributed by atoms with van der Waals surface area (Å²) in [5.74, 6) is 0. The Labute approximate surface area is 92.0 Å². The van der Waals surface area contributed by atoms with Gasteiger partial charge in [-0.1, -0.05) is 26.7 Å². The van der Waals surface area contributed by atoms with Crippen LogP contribution in [0.25, 0.3) is 0 Å². The van der Waals surface area contributed by atoms with Crippen LogP contribution in [-0.4, -0.2) is 0 Å². The third-order valence-corrected chi connectivity index (χ3v) is 1.79. The van der Waals surface area contributed by atoms with Crippen molar-refractivity contribution >= 4 is 0 Å². The molecule has 1 radical (unpaired) electrons. The summed E-state index contributed by atoms with van der Waals surface area (Å²) in [6.45, 7) is 4.39. The molecule has 0 saturated carbocycles. The zero-order valence-electron chi connectivity index (χ0n) is 7.45. The van der Waals surface area contributed by atoms with E-state index in [0.29, 0.717) is 0 Å². The average Bonchev–Trinajstić information content (AvgIpc) is 2.33. The molecule has 67 valence electrons. The summed E-state index contributed by atoms with van der Waals surface area (Å²) in [5, 5.41) is 0. The summed E-state index contributed by atoms with van der Waals surface area (Å²) < 4.78 is 0. The SMILES string of the molecule is CCC1=[C-]CC=C1CC.[F-].[F-].[Zr+3]. The second-order valence-electron chi connectivity index (χ2n) is 2.30. The smallest absolute Gasteiger partial charge is 1.00 e. The van der Waals surface area contributed by atoms with Crippen LogP contribution in [0.3, 0.4) is 0 Å². The van der Waals surface area contributed by atoms with Crippen molar-refractivity contribution in [3.63, 3.8) is 0 Å². The normalized spacial score (nSPS) is 13.2. The molecule has 0 spiro atoms. The quantitative estimate of drug-likeness (QED) is 0.455. The van der Waals surface area contributed by atoms with Crippen molar-refractivity contribution < 1.29 is 35.6 Å². The molecule has 1 aliphatic carbocycles. The van der Waals surface area contributed by atoms with Crippen molar-refractivity contribution in [2.24, 2.45) is 0 Å². The topological polar surface area (TPSA) is 0 Å². The minimum Gasteiger partial charge on any atom is -1.00 e. The fourth-order valence-electron chi connectivity index (χ4n) is 1.24. The van der Waals surface area contributed by atoms with Crippen molar-refractivity contribution in [2.45, 2.75) is 33.1 Å². The van der Waals surface area contributed by atoms with E-state index in [2.05, 4.69) is 26.0 Å². The Kier molecular flexibility index (Phi) is 14.0. The van der Waals surface area contributed by atoms with E-state index in [1.807, 2.05) is 0 Å². The molecule has 0 saturated heterocycles. The van der Waals surface area contributed by atoms with Gasteiger partial charge in [-0.05, 0) is 0 Å². The molecule has 1 rings (SSSR count). The molecule has 0 aromatic heterocycles. The molecule has 0 N–H and O–H groups in total. The van der Waals surface area contributed by atoms with E-state index in [-0.39, 0.29) is 35.6 Å². The molecule has 3 heteroatoms. The third-order valence-electron chi connectivity index (χ3n) is 1.79. The monoisotopic (exact) mass is 249 g/mol. The van der Waals surface area contributed by atoms with Crippen LogP contribution in [0, 0.1) is 6.08 Å². The van der Waals surface area contributed by atoms with Crippen LogP contribution >= 0.6 is 0 Å². The first-order chi connectivity index (χ1) is 4.38. The van der Waals surface area contributed by atoms with Crippen molar-refractivity contribution in [2.75, 3.05) is 0 Å². The van der Waals surface area contributed by atoms with E-state index >= 15 is 0 Å². The van der Waals surface area contributed by atoms with Gasteiger partial charge in [0.15, 0.2) is 0 Å². The summed E-state index contributed by atoms with van der Waals surface area (Å²) >= 11 is 0. The predicted octanol–water partition coefficient (Wildman–Crippen LogP) is -3.13. The zero-order chi connectivity index (χ0) is 6.69. The molecule has 0 bridgehead atoms. The number of halogens is 2. The maximum atomic E-state index is 3.33. The standard InChI is InChI=1S/C9H13.2FH.Zr/c1-3-8-6-5-7-9(8)4-2;;;/h6H,3-5H2,1-2H3;2*1H;/q-1;;;+3/p-2. The van der Waals surface area contributed by atoms with Crippen LogP contribution in [-0.2, 0) is 26.2 Å². The fraction of sp³-hybridized carbons (Fsp3) is 0.556. The molecule has 1 aliphatic rings. The van der Waals surface area contributed by atoms with Crippen molar-refractivity contribution in [1.29, 1.82) is 0 Å². The number of rotatable bonds is 2. The molecule has 0 atom stereocenters. The van der Waals surface area contributed by atoms with E-state index in [9.17, 15) is 0 Å². The Morgan fingerprint density at radius 1 is 1.25 bits per heavy atom. The molecule has 12 heavy (non-hydrogen) atoms. The molecule has 0 heterocycles. The number of hydrogen-bond donors (Lipinski definition) is 0. The van der Waals surface area contributed by atoms with Gasteiger partial charge in [-0.25, -0.2) is 5.57 Å². The van der Waals surface area contributed by atoms with Gasteiger partial charge in [-0.15, -0.1) is 6.42 Å². The van der Waals surface area contributed by atoms with Gasteiger partial charge in [0.25, 0.3) is 0 Å². The van der Waals surface area contributed by atoms with E-state index in [1.165, 1.54) is 17.6 Å². The molecule has 0 amide bonds. The molecule has 0 aliphatic heterocycles. The fourth-order valence-corrected chi connectivity index (χ4v) is 1.24. The minimum atomic E-state index is 0. The maximum Gasteiger partial charge on any atom is 3.00 e. The molecule has 0 unspecified atom stereocenters.